The highest BCUT2D eigenvalue weighted by molar-refractivity contribution is 6.43. The number of benzene rings is 3. The number of nitrogens with zero attached hydrogens (tertiary/aromatic N) is 1. The summed E-state index contributed by atoms with van der Waals surface area (Å²) in [4.78, 5) is 38.7. The van der Waals surface area contributed by atoms with Crippen LogP contribution in [-0.2, 0) is 16.2 Å². The number of rotatable bonds is 5. The largest absolute Gasteiger partial charge is 0.488 e. The van der Waals surface area contributed by atoms with Crippen molar-refractivity contribution in [3.05, 3.63) is 99.3 Å². The first-order valence-electron chi connectivity index (χ1n) is 9.66. The van der Waals surface area contributed by atoms with Crippen molar-refractivity contribution in [1.82, 2.24) is 5.32 Å². The lowest BCUT2D eigenvalue weighted by molar-refractivity contribution is -0.122. The molecule has 4 amide bonds. The van der Waals surface area contributed by atoms with E-state index in [0.717, 1.165) is 10.5 Å². The third-order valence-electron chi connectivity index (χ3n) is 4.79. The molecule has 166 valence electrons. The van der Waals surface area contributed by atoms with Crippen molar-refractivity contribution >= 4 is 52.8 Å². The zero-order chi connectivity index (χ0) is 23.5. The van der Waals surface area contributed by atoms with Gasteiger partial charge in [0.1, 0.15) is 23.7 Å². The first-order valence-corrected chi connectivity index (χ1v) is 10.4. The van der Waals surface area contributed by atoms with Gasteiger partial charge in [0.05, 0.1) is 15.7 Å². The van der Waals surface area contributed by atoms with E-state index in [4.69, 9.17) is 27.9 Å². The van der Waals surface area contributed by atoms with Gasteiger partial charge in [-0.2, -0.15) is 0 Å². The van der Waals surface area contributed by atoms with Crippen molar-refractivity contribution in [3.63, 3.8) is 0 Å². The quantitative estimate of drug-likeness (QED) is 0.389. The Balaban J connectivity index is 1.64. The van der Waals surface area contributed by atoms with Gasteiger partial charge in [0, 0.05) is 5.56 Å². The summed E-state index contributed by atoms with van der Waals surface area (Å²) < 4.78 is 18.9. The van der Waals surface area contributed by atoms with Crippen molar-refractivity contribution < 1.29 is 23.5 Å². The summed E-state index contributed by atoms with van der Waals surface area (Å²) in [7, 11) is 0. The van der Waals surface area contributed by atoms with Crippen LogP contribution in [0.5, 0.6) is 5.75 Å². The van der Waals surface area contributed by atoms with Crippen LogP contribution in [0.3, 0.4) is 0 Å². The molecule has 0 atom stereocenters. The first-order chi connectivity index (χ1) is 15.8. The molecular weight excluding hydrogens is 470 g/mol. The molecule has 0 bridgehead atoms. The smallest absolute Gasteiger partial charge is 0.335 e. The molecule has 3 aromatic rings. The van der Waals surface area contributed by atoms with Gasteiger partial charge < -0.3 is 4.74 Å². The number of carbonyl (C=O) groups is 3. The van der Waals surface area contributed by atoms with Crippen LogP contribution in [-0.4, -0.2) is 17.8 Å². The number of imide groups is 2. The zero-order valence-corrected chi connectivity index (χ0v) is 18.4. The number of barbiturate groups is 1. The number of hydrogen-bond donors (Lipinski definition) is 1. The molecule has 0 aromatic heterocycles. The van der Waals surface area contributed by atoms with Crippen molar-refractivity contribution in [2.45, 2.75) is 6.61 Å². The number of amides is 4. The maximum Gasteiger partial charge on any atom is 0.335 e. The third kappa shape index (κ3) is 4.89. The third-order valence-corrected chi connectivity index (χ3v) is 5.53. The van der Waals surface area contributed by atoms with Crippen molar-refractivity contribution in [2.75, 3.05) is 4.90 Å². The minimum absolute atomic E-state index is 0.147. The molecule has 1 N–H and O–H groups in total. The standard InChI is InChI=1S/C24H15Cl2FN2O4/c25-19-10-9-17(12-20(19)26)29-23(31)18(22(30)28-24(29)32)11-15-3-1-2-4-21(15)33-13-14-5-7-16(27)8-6-14/h1-12H,13H2,(H,28,30,32)/b18-11+. The van der Waals surface area contributed by atoms with Crippen molar-refractivity contribution in [1.29, 1.82) is 0 Å². The van der Waals surface area contributed by atoms with Gasteiger partial charge in [0.25, 0.3) is 11.8 Å². The number of ether oxygens (including phenoxy) is 1. The summed E-state index contributed by atoms with van der Waals surface area (Å²) in [5.41, 5.74) is 1.08. The second-order valence-electron chi connectivity index (χ2n) is 7.01. The first kappa shape index (κ1) is 22.5. The lowest BCUT2D eigenvalue weighted by Gasteiger charge is -2.26. The lowest BCUT2D eigenvalue weighted by atomic mass is 10.1. The average molecular weight is 485 g/mol. The Morgan fingerprint density at radius 2 is 1.67 bits per heavy atom. The van der Waals surface area contributed by atoms with Gasteiger partial charge in [-0.25, -0.2) is 14.1 Å². The lowest BCUT2D eigenvalue weighted by Crippen LogP contribution is -2.54. The van der Waals surface area contributed by atoms with E-state index < -0.39 is 17.8 Å². The number of anilines is 1. The predicted octanol–water partition coefficient (Wildman–Crippen LogP) is 5.38. The van der Waals surface area contributed by atoms with E-state index in [1.165, 1.54) is 36.4 Å². The fourth-order valence-electron chi connectivity index (χ4n) is 3.14. The molecule has 9 heteroatoms. The summed E-state index contributed by atoms with van der Waals surface area (Å²) in [6.07, 6.45) is 1.34. The number of halogens is 3. The van der Waals surface area contributed by atoms with Crippen molar-refractivity contribution in [2.24, 2.45) is 0 Å². The zero-order valence-electron chi connectivity index (χ0n) is 16.8. The molecule has 3 aromatic carbocycles. The highest BCUT2D eigenvalue weighted by Gasteiger charge is 2.37. The molecule has 33 heavy (non-hydrogen) atoms. The second kappa shape index (κ2) is 9.44. The molecule has 0 unspecified atom stereocenters. The number of urea groups is 1. The fraction of sp³-hybridized carbons (Fsp3) is 0.0417. The van der Waals surface area contributed by atoms with Crippen molar-refractivity contribution in [3.8, 4) is 5.75 Å². The SMILES string of the molecule is O=C1NC(=O)N(c2ccc(Cl)c(Cl)c2)C(=O)/C1=C/c1ccccc1OCc1ccc(F)cc1. The van der Waals surface area contributed by atoms with Crippen LogP contribution in [0, 0.1) is 5.82 Å². The van der Waals surface area contributed by atoms with Crippen LogP contribution in [0.4, 0.5) is 14.9 Å². The Morgan fingerprint density at radius 3 is 2.39 bits per heavy atom. The van der Waals surface area contributed by atoms with E-state index in [1.54, 1.807) is 36.4 Å². The van der Waals surface area contributed by atoms with E-state index >= 15 is 0 Å². The summed E-state index contributed by atoms with van der Waals surface area (Å²) in [5, 5.41) is 2.56. The van der Waals surface area contributed by atoms with E-state index in [2.05, 4.69) is 5.32 Å². The highest BCUT2D eigenvalue weighted by atomic mass is 35.5. The van der Waals surface area contributed by atoms with E-state index in [0.29, 0.717) is 11.3 Å². The van der Waals surface area contributed by atoms with Gasteiger partial charge in [-0.15, -0.1) is 0 Å². The molecule has 1 aliphatic heterocycles. The monoisotopic (exact) mass is 484 g/mol. The number of nitrogens with one attached hydrogen (secondary N) is 1. The van der Waals surface area contributed by atoms with Crippen LogP contribution in [0.15, 0.2) is 72.3 Å². The second-order valence-corrected chi connectivity index (χ2v) is 7.82. The molecule has 1 heterocycles. The van der Waals surface area contributed by atoms with Crippen LogP contribution in [0.25, 0.3) is 6.08 Å². The normalized spacial score (nSPS) is 15.1. The molecule has 1 saturated heterocycles. The Hall–Kier alpha value is -3.68. The van der Waals surface area contributed by atoms with E-state index in [-0.39, 0.29) is 33.7 Å². The Bertz CT molecular complexity index is 1290. The van der Waals surface area contributed by atoms with Gasteiger partial charge in [0.15, 0.2) is 0 Å². The minimum atomic E-state index is -0.901. The fourth-order valence-corrected chi connectivity index (χ4v) is 3.44. The predicted molar refractivity (Wildman–Crippen MR) is 123 cm³/mol. The molecule has 0 spiro atoms. The number of carbonyl (C=O) groups excluding carboxylic acids is 3. The molecule has 0 saturated carbocycles. The Morgan fingerprint density at radius 1 is 0.939 bits per heavy atom. The molecule has 4 rings (SSSR count). The summed E-state index contributed by atoms with van der Waals surface area (Å²) in [5.74, 6) is -1.62. The summed E-state index contributed by atoms with van der Waals surface area (Å²) in [6, 6.07) is 16.0. The molecule has 0 aliphatic carbocycles. The topological polar surface area (TPSA) is 75.7 Å². The number of para-hydroxylation sites is 1. The average Bonchev–Trinajstić information content (AvgIpc) is 2.79. The van der Waals surface area contributed by atoms with E-state index in [1.807, 2.05) is 0 Å². The van der Waals surface area contributed by atoms with Gasteiger partial charge >= 0.3 is 6.03 Å². The molecular formula is C24H15Cl2FN2O4. The van der Waals surface area contributed by atoms with Crippen LogP contribution < -0.4 is 15.0 Å². The van der Waals surface area contributed by atoms with Gasteiger partial charge in [-0.05, 0) is 48.0 Å². The molecule has 1 aliphatic rings. The maximum absolute atomic E-state index is 13.1. The molecule has 0 radical (unpaired) electrons. The molecule has 1 fully saturated rings. The van der Waals surface area contributed by atoms with E-state index in [9.17, 15) is 18.8 Å². The molecule has 6 nitrogen and oxygen atoms in total. The Labute approximate surface area is 198 Å². The highest BCUT2D eigenvalue weighted by Crippen LogP contribution is 2.30. The van der Waals surface area contributed by atoms with Crippen LogP contribution >= 0.6 is 23.2 Å². The summed E-state index contributed by atoms with van der Waals surface area (Å²) >= 11 is 11.9. The Kier molecular flexibility index (Phi) is 6.44. The summed E-state index contributed by atoms with van der Waals surface area (Å²) in [6.45, 7) is 0.147. The van der Waals surface area contributed by atoms with Crippen LogP contribution in [0.1, 0.15) is 11.1 Å². The van der Waals surface area contributed by atoms with Gasteiger partial charge in [0.2, 0.25) is 0 Å². The maximum atomic E-state index is 13.1. The van der Waals surface area contributed by atoms with Gasteiger partial charge in [-0.3, -0.25) is 14.9 Å². The number of hydrogen-bond acceptors (Lipinski definition) is 4. The van der Waals surface area contributed by atoms with Gasteiger partial charge in [-0.1, -0.05) is 53.5 Å². The minimum Gasteiger partial charge on any atom is -0.488 e. The van der Waals surface area contributed by atoms with Crippen LogP contribution in [0.2, 0.25) is 10.0 Å².